The Bertz CT molecular complexity index is 34.5. The van der Waals surface area contributed by atoms with E-state index in [2.05, 4.69) is 0 Å². The Kier molecular flexibility index (Phi) is 24.9. The third-order valence-corrected chi connectivity index (χ3v) is 0. The van der Waals surface area contributed by atoms with Gasteiger partial charge in [0.15, 0.2) is 0 Å². The fraction of sp³-hybridized carbons (Fsp3) is 0.500. The molecule has 0 aliphatic heterocycles. The first kappa shape index (κ1) is 15.7. The summed E-state index contributed by atoms with van der Waals surface area (Å²) in [6.45, 7) is 1.08. The third kappa shape index (κ3) is 61.5. The molecular weight excluding hydrogens is 356 g/mol. The monoisotopic (exact) mass is 362 g/mol. The van der Waals surface area contributed by atoms with Gasteiger partial charge in [0, 0.05) is 33.1 Å². The van der Waals surface area contributed by atoms with E-state index in [-0.39, 0.29) is 52.4 Å². The van der Waals surface area contributed by atoms with Gasteiger partial charge in [-0.15, -0.1) is 0 Å². The van der Waals surface area contributed by atoms with Gasteiger partial charge in [-0.05, 0) is 0 Å². The molecule has 0 amide bonds. The summed E-state index contributed by atoms with van der Waals surface area (Å²) in [7, 11) is 0. The first-order chi connectivity index (χ1) is 1.73. The molecule has 0 heterocycles. The van der Waals surface area contributed by atoms with Crippen LogP contribution >= 0.6 is 0 Å². The van der Waals surface area contributed by atoms with E-state index in [0.29, 0.717) is 0 Å². The van der Waals surface area contributed by atoms with Crippen molar-refractivity contribution < 1.29 is 36.1 Å². The van der Waals surface area contributed by atoms with Crippen molar-refractivity contribution in [2.45, 2.75) is 6.92 Å². The smallest absolute Gasteiger partial charge is 0 e. The Morgan fingerprint density at radius 2 is 1.67 bits per heavy atom. The van der Waals surface area contributed by atoms with Gasteiger partial charge in [0.2, 0.25) is 0 Å². The standard InChI is InChI=1S/C2H4O2.Bi.Zr.3H/c1-2(3)4;;;;;/h1H3,(H,3,4);;;;;. The first-order valence-electron chi connectivity index (χ1n) is 0.928. The maximum Gasteiger partial charge on any atom is 0 e. The normalized spacial score (nSPS) is 4.17. The van der Waals surface area contributed by atoms with Crippen LogP contribution in [0, 0.1) is 0 Å². The van der Waals surface area contributed by atoms with Crippen LogP contribution < -0.4 is 0 Å². The average Bonchev–Trinajstić information content (AvgIpc) is 0.811. The van der Waals surface area contributed by atoms with Crippen molar-refractivity contribution in [1.29, 1.82) is 0 Å². The predicted molar refractivity (Wildman–Crippen MR) is 23.2 cm³/mol. The number of carboxylic acid groups (broad SMARTS) is 1. The Balaban J connectivity index is -0.0000000450. The van der Waals surface area contributed by atoms with Crippen molar-refractivity contribution in [2.75, 3.05) is 0 Å². The molecule has 0 fully saturated rings. The van der Waals surface area contributed by atoms with Crippen LogP contribution in [0.3, 0.4) is 0 Å². The van der Waals surface area contributed by atoms with E-state index in [9.17, 15) is 0 Å². The molecule has 0 saturated heterocycles. The van der Waals surface area contributed by atoms with Crippen LogP contribution in [0.25, 0.3) is 0 Å². The number of hydrogen-bond donors (Lipinski definition) is 1. The molecule has 0 aromatic carbocycles. The molecule has 0 unspecified atom stereocenters. The van der Waals surface area contributed by atoms with Gasteiger partial charge in [0.1, 0.15) is 0 Å². The molecular formula is C2H7BiO2Zr. The second kappa shape index (κ2) is 9.53. The summed E-state index contributed by atoms with van der Waals surface area (Å²) >= 11 is 0. The fourth-order valence-corrected chi connectivity index (χ4v) is 0. The summed E-state index contributed by atoms with van der Waals surface area (Å²) in [5.41, 5.74) is 0. The minimum atomic E-state index is -0.833. The van der Waals surface area contributed by atoms with Gasteiger partial charge in [-0.3, -0.25) is 4.79 Å². The zero-order valence-corrected chi connectivity index (χ0v) is 11.5. The van der Waals surface area contributed by atoms with Gasteiger partial charge in [-0.1, -0.05) is 0 Å². The number of aliphatic carboxylic acids is 1. The zero-order valence-electron chi connectivity index (χ0n) is 3.56. The van der Waals surface area contributed by atoms with E-state index in [0.717, 1.165) is 6.92 Å². The SMILES string of the molecule is CC(=O)O.[BiH3].[Zr]. The van der Waals surface area contributed by atoms with Gasteiger partial charge >= 0.3 is 26.2 Å². The quantitative estimate of drug-likeness (QED) is 0.555. The molecule has 0 aliphatic rings. The van der Waals surface area contributed by atoms with E-state index < -0.39 is 5.97 Å². The van der Waals surface area contributed by atoms with Crippen LogP contribution in [0.1, 0.15) is 6.92 Å². The summed E-state index contributed by atoms with van der Waals surface area (Å²) in [5.74, 6) is -0.833. The van der Waals surface area contributed by atoms with Crippen molar-refractivity contribution in [1.82, 2.24) is 0 Å². The van der Waals surface area contributed by atoms with Crippen molar-refractivity contribution in [3.63, 3.8) is 0 Å². The second-order valence-electron chi connectivity index (χ2n) is 0.519. The van der Waals surface area contributed by atoms with Crippen LogP contribution in [-0.4, -0.2) is 37.3 Å². The minimum Gasteiger partial charge on any atom is 0 e. The van der Waals surface area contributed by atoms with E-state index in [1.54, 1.807) is 0 Å². The molecule has 0 radical (unpaired) electrons. The van der Waals surface area contributed by atoms with Crippen molar-refractivity contribution >= 4 is 32.2 Å². The van der Waals surface area contributed by atoms with Crippen molar-refractivity contribution in [3.05, 3.63) is 0 Å². The molecule has 0 bridgehead atoms. The average molecular weight is 363 g/mol. The Hall–Kier alpha value is 1.24. The van der Waals surface area contributed by atoms with Gasteiger partial charge in [0.05, 0.1) is 0 Å². The van der Waals surface area contributed by atoms with E-state index in [4.69, 9.17) is 9.90 Å². The summed E-state index contributed by atoms with van der Waals surface area (Å²) in [6, 6.07) is 0. The maximum absolute atomic E-state index is 9.00. The number of rotatable bonds is 0. The number of carboxylic acids is 1. The first-order valence-corrected chi connectivity index (χ1v) is 0.928. The van der Waals surface area contributed by atoms with Crippen LogP contribution in [0.2, 0.25) is 0 Å². The summed E-state index contributed by atoms with van der Waals surface area (Å²) in [5, 5.41) is 7.42. The Morgan fingerprint density at radius 1 is 1.67 bits per heavy atom. The number of hydrogen-bond acceptors (Lipinski definition) is 1. The van der Waals surface area contributed by atoms with E-state index in [1.807, 2.05) is 0 Å². The molecule has 1 N–H and O–H groups in total. The van der Waals surface area contributed by atoms with Crippen LogP contribution in [0.4, 0.5) is 0 Å². The van der Waals surface area contributed by atoms with E-state index >= 15 is 0 Å². The maximum atomic E-state index is 9.00. The van der Waals surface area contributed by atoms with Gasteiger partial charge in [0.25, 0.3) is 5.97 Å². The zero-order chi connectivity index (χ0) is 3.58. The van der Waals surface area contributed by atoms with E-state index in [1.165, 1.54) is 0 Å². The number of carbonyl (C=O) groups is 1. The fourth-order valence-electron chi connectivity index (χ4n) is 0. The Labute approximate surface area is 74.6 Å². The molecule has 6 heavy (non-hydrogen) atoms. The molecule has 4 heteroatoms. The largest absolute Gasteiger partial charge is 0 e. The molecule has 0 rings (SSSR count). The molecule has 36 valence electrons. The molecule has 0 aromatic heterocycles. The molecule has 0 aromatic rings. The third-order valence-electron chi connectivity index (χ3n) is 0. The van der Waals surface area contributed by atoms with Crippen molar-refractivity contribution in [3.8, 4) is 0 Å². The van der Waals surface area contributed by atoms with Gasteiger partial charge in [-0.25, -0.2) is 0 Å². The molecule has 2 nitrogen and oxygen atoms in total. The topological polar surface area (TPSA) is 37.3 Å². The van der Waals surface area contributed by atoms with Gasteiger partial charge < -0.3 is 5.11 Å². The van der Waals surface area contributed by atoms with Crippen LogP contribution in [0.15, 0.2) is 0 Å². The van der Waals surface area contributed by atoms with Crippen LogP contribution in [-0.2, 0) is 31.0 Å². The van der Waals surface area contributed by atoms with Crippen molar-refractivity contribution in [2.24, 2.45) is 0 Å². The summed E-state index contributed by atoms with van der Waals surface area (Å²) < 4.78 is 0. The molecule has 0 atom stereocenters. The summed E-state index contributed by atoms with van der Waals surface area (Å²) in [4.78, 5) is 9.00. The molecule has 0 spiro atoms. The minimum absolute atomic E-state index is 0. The van der Waals surface area contributed by atoms with Crippen LogP contribution in [0.5, 0.6) is 0 Å². The second-order valence-corrected chi connectivity index (χ2v) is 0.519. The summed E-state index contributed by atoms with van der Waals surface area (Å²) in [6.07, 6.45) is 0. The Morgan fingerprint density at radius 3 is 1.67 bits per heavy atom. The molecule has 0 saturated carbocycles. The van der Waals surface area contributed by atoms with Gasteiger partial charge in [-0.2, -0.15) is 0 Å². The molecule has 0 aliphatic carbocycles. The predicted octanol–water partition coefficient (Wildman–Crippen LogP) is -1.10.